The molecule has 0 N–H and O–H groups in total. The third-order valence-corrected chi connectivity index (χ3v) is 4.92. The zero-order valence-corrected chi connectivity index (χ0v) is 12.6. The quantitative estimate of drug-likeness (QED) is 0.767. The number of aryl methyl sites for hydroxylation is 1. The third-order valence-electron chi connectivity index (χ3n) is 4.92. The van der Waals surface area contributed by atoms with Crippen LogP contribution in [0.5, 0.6) is 0 Å². The van der Waals surface area contributed by atoms with Crippen molar-refractivity contribution in [2.75, 3.05) is 0 Å². The summed E-state index contributed by atoms with van der Waals surface area (Å²) in [6.45, 7) is 10.4. The average Bonchev–Trinajstić information content (AvgIpc) is 2.64. The summed E-state index contributed by atoms with van der Waals surface area (Å²) in [5.41, 5.74) is 1.67. The minimum Gasteiger partial charge on any atom is -0.398 e. The zero-order chi connectivity index (χ0) is 13.8. The van der Waals surface area contributed by atoms with E-state index in [1.807, 2.05) is 6.20 Å². The van der Waals surface area contributed by atoms with Crippen molar-refractivity contribution in [2.24, 2.45) is 0 Å². The highest BCUT2D eigenvalue weighted by molar-refractivity contribution is 6.61. The topological polar surface area (TPSA) is 36.3 Å². The lowest BCUT2D eigenvalue weighted by Gasteiger charge is -2.32. The van der Waals surface area contributed by atoms with E-state index >= 15 is 0 Å². The van der Waals surface area contributed by atoms with Gasteiger partial charge in [0.15, 0.2) is 0 Å². The molecule has 5 heteroatoms. The summed E-state index contributed by atoms with van der Waals surface area (Å²) >= 11 is 0. The van der Waals surface area contributed by atoms with Gasteiger partial charge in [-0.05, 0) is 59.4 Å². The maximum absolute atomic E-state index is 6.17. The van der Waals surface area contributed by atoms with E-state index in [4.69, 9.17) is 9.31 Å². The molecule has 1 saturated carbocycles. The van der Waals surface area contributed by atoms with Crippen molar-refractivity contribution in [3.8, 4) is 0 Å². The van der Waals surface area contributed by atoms with Crippen molar-refractivity contribution in [2.45, 2.75) is 71.1 Å². The Morgan fingerprint density at radius 2 is 1.79 bits per heavy atom. The fourth-order valence-electron chi connectivity index (χ4n) is 2.63. The molecule has 0 bridgehead atoms. The van der Waals surface area contributed by atoms with Gasteiger partial charge >= 0.3 is 7.12 Å². The fourth-order valence-corrected chi connectivity index (χ4v) is 2.63. The highest BCUT2D eigenvalue weighted by Gasteiger charge is 2.53. The molecule has 1 saturated heterocycles. The molecule has 2 heterocycles. The third kappa shape index (κ3) is 1.94. The minimum absolute atomic E-state index is 0.293. The first-order valence-electron chi connectivity index (χ1n) is 7.21. The Bertz CT molecular complexity index is 476. The van der Waals surface area contributed by atoms with E-state index in [1.165, 1.54) is 19.3 Å². The molecule has 1 aliphatic heterocycles. The van der Waals surface area contributed by atoms with E-state index in [-0.39, 0.29) is 18.3 Å². The van der Waals surface area contributed by atoms with E-state index in [2.05, 4.69) is 44.4 Å². The molecule has 2 aliphatic rings. The summed E-state index contributed by atoms with van der Waals surface area (Å²) in [5, 5.41) is 4.53. The molecular formula is C14H23BN2O2. The van der Waals surface area contributed by atoms with Crippen LogP contribution < -0.4 is 5.59 Å². The lowest BCUT2D eigenvalue weighted by molar-refractivity contribution is 0.00578. The lowest BCUT2D eigenvalue weighted by Crippen LogP contribution is -2.43. The smallest absolute Gasteiger partial charge is 0.398 e. The van der Waals surface area contributed by atoms with Gasteiger partial charge in [0.1, 0.15) is 0 Å². The standard InChI is InChI=1S/C14H23BN2O2/c1-10-9-16-17(11-7-6-8-11)12(10)15-18-13(2,3)14(4,5)19-15/h9,11H,6-8H2,1-5H3. The highest BCUT2D eigenvalue weighted by atomic mass is 16.7. The molecule has 1 aliphatic carbocycles. The van der Waals surface area contributed by atoms with Gasteiger partial charge in [-0.1, -0.05) is 0 Å². The van der Waals surface area contributed by atoms with E-state index in [9.17, 15) is 0 Å². The van der Waals surface area contributed by atoms with Crippen LogP contribution in [0.3, 0.4) is 0 Å². The predicted molar refractivity (Wildman–Crippen MR) is 75.6 cm³/mol. The SMILES string of the molecule is Cc1cnn(C2CCC2)c1B1OC(C)(C)C(C)(C)O1. The number of hydrogen-bond acceptors (Lipinski definition) is 3. The molecule has 4 nitrogen and oxygen atoms in total. The van der Waals surface area contributed by atoms with Gasteiger partial charge in [0.25, 0.3) is 0 Å². The van der Waals surface area contributed by atoms with Gasteiger partial charge in [-0.15, -0.1) is 0 Å². The van der Waals surface area contributed by atoms with Gasteiger partial charge in [0, 0.05) is 0 Å². The maximum atomic E-state index is 6.17. The van der Waals surface area contributed by atoms with Gasteiger partial charge in [-0.3, -0.25) is 4.68 Å². The van der Waals surface area contributed by atoms with Crippen LogP contribution in [0.4, 0.5) is 0 Å². The van der Waals surface area contributed by atoms with Gasteiger partial charge in [0.05, 0.1) is 29.0 Å². The monoisotopic (exact) mass is 262 g/mol. The number of rotatable bonds is 2. The normalized spacial score (nSPS) is 25.6. The predicted octanol–water partition coefficient (Wildman–Crippen LogP) is 2.22. The van der Waals surface area contributed by atoms with Crippen LogP contribution in [0.15, 0.2) is 6.20 Å². The summed E-state index contributed by atoms with van der Waals surface area (Å²) in [7, 11) is -0.298. The van der Waals surface area contributed by atoms with Crippen LogP contribution in [-0.2, 0) is 9.31 Å². The average molecular weight is 262 g/mol. The van der Waals surface area contributed by atoms with Crippen molar-refractivity contribution < 1.29 is 9.31 Å². The van der Waals surface area contributed by atoms with E-state index in [0.717, 1.165) is 11.2 Å². The van der Waals surface area contributed by atoms with Crippen molar-refractivity contribution in [3.05, 3.63) is 11.8 Å². The Hall–Kier alpha value is -0.805. The summed E-state index contributed by atoms with van der Waals surface area (Å²) < 4.78 is 14.5. The first kappa shape index (κ1) is 13.2. The molecule has 0 atom stereocenters. The zero-order valence-electron chi connectivity index (χ0n) is 12.6. The van der Waals surface area contributed by atoms with Gasteiger partial charge in [-0.25, -0.2) is 0 Å². The van der Waals surface area contributed by atoms with E-state index < -0.39 is 0 Å². The molecule has 19 heavy (non-hydrogen) atoms. The number of nitrogens with zero attached hydrogens (tertiary/aromatic N) is 2. The number of aromatic nitrogens is 2. The Balaban J connectivity index is 1.93. The molecular weight excluding hydrogens is 239 g/mol. The Kier molecular flexibility index (Phi) is 2.84. The Morgan fingerprint density at radius 1 is 1.21 bits per heavy atom. The molecule has 0 unspecified atom stereocenters. The molecule has 0 amide bonds. The van der Waals surface area contributed by atoms with Crippen molar-refractivity contribution in [1.29, 1.82) is 0 Å². The minimum atomic E-state index is -0.298. The molecule has 0 radical (unpaired) electrons. The largest absolute Gasteiger partial charge is 0.514 e. The summed E-state index contributed by atoms with van der Waals surface area (Å²) in [6.07, 6.45) is 5.66. The lowest BCUT2D eigenvalue weighted by atomic mass is 9.80. The second-order valence-corrected chi connectivity index (χ2v) is 6.83. The van der Waals surface area contributed by atoms with Crippen LogP contribution in [0.25, 0.3) is 0 Å². The first-order chi connectivity index (χ1) is 8.82. The van der Waals surface area contributed by atoms with Crippen molar-refractivity contribution in [3.63, 3.8) is 0 Å². The summed E-state index contributed by atoms with van der Waals surface area (Å²) in [4.78, 5) is 0. The second kappa shape index (κ2) is 4.09. The second-order valence-electron chi connectivity index (χ2n) is 6.83. The molecule has 2 fully saturated rings. The van der Waals surface area contributed by atoms with Gasteiger partial charge in [-0.2, -0.15) is 5.10 Å². The number of hydrogen-bond donors (Lipinski definition) is 0. The fraction of sp³-hybridized carbons (Fsp3) is 0.786. The molecule has 1 aromatic rings. The summed E-state index contributed by atoms with van der Waals surface area (Å²) in [6, 6.07) is 0.530. The van der Waals surface area contributed by atoms with E-state index in [0.29, 0.717) is 6.04 Å². The van der Waals surface area contributed by atoms with Crippen LogP contribution in [0, 0.1) is 6.92 Å². The highest BCUT2D eigenvalue weighted by Crippen LogP contribution is 2.37. The molecule has 0 spiro atoms. The Labute approximate surface area is 115 Å². The first-order valence-corrected chi connectivity index (χ1v) is 7.21. The van der Waals surface area contributed by atoms with Crippen molar-refractivity contribution >= 4 is 12.7 Å². The van der Waals surface area contributed by atoms with Gasteiger partial charge < -0.3 is 9.31 Å². The Morgan fingerprint density at radius 3 is 2.26 bits per heavy atom. The van der Waals surface area contributed by atoms with Crippen LogP contribution in [-0.4, -0.2) is 28.1 Å². The summed E-state index contributed by atoms with van der Waals surface area (Å²) in [5.74, 6) is 0. The van der Waals surface area contributed by atoms with E-state index in [1.54, 1.807) is 0 Å². The van der Waals surface area contributed by atoms with Crippen molar-refractivity contribution in [1.82, 2.24) is 9.78 Å². The molecule has 1 aromatic heterocycles. The maximum Gasteiger partial charge on any atom is 0.514 e. The molecule has 0 aromatic carbocycles. The molecule has 3 rings (SSSR count). The molecule has 104 valence electrons. The van der Waals surface area contributed by atoms with Crippen LogP contribution >= 0.6 is 0 Å². The van der Waals surface area contributed by atoms with Crippen LogP contribution in [0.1, 0.15) is 58.6 Å². The van der Waals surface area contributed by atoms with Gasteiger partial charge in [0.2, 0.25) is 0 Å². The van der Waals surface area contributed by atoms with Crippen LogP contribution in [0.2, 0.25) is 0 Å².